The topological polar surface area (TPSA) is 41.6 Å². The first-order valence-corrected chi connectivity index (χ1v) is 9.06. The van der Waals surface area contributed by atoms with Crippen molar-refractivity contribution in [3.63, 3.8) is 0 Å². The Kier molecular flexibility index (Phi) is 8.45. The number of benzene rings is 2. The quantitative estimate of drug-likeness (QED) is 0.679. The normalized spacial score (nSPS) is 13.5. The van der Waals surface area contributed by atoms with Gasteiger partial charge in [-0.15, -0.1) is 12.4 Å². The fourth-order valence-electron chi connectivity index (χ4n) is 3.08. The molecule has 1 aliphatic rings. The van der Waals surface area contributed by atoms with Gasteiger partial charge in [-0.05, 0) is 31.0 Å². The number of para-hydroxylation sites is 1. The summed E-state index contributed by atoms with van der Waals surface area (Å²) in [5.74, 6) is 1.23. The molecule has 1 fully saturated rings. The molecule has 140 valence electrons. The summed E-state index contributed by atoms with van der Waals surface area (Å²) in [6.07, 6.45) is 2.72. The highest BCUT2D eigenvalue weighted by Gasteiger charge is 2.18. The smallest absolute Gasteiger partial charge is 0.222 e. The van der Waals surface area contributed by atoms with E-state index in [-0.39, 0.29) is 12.4 Å². The number of carbonyl (C=O) groups is 1. The average molecular weight is 375 g/mol. The lowest BCUT2D eigenvalue weighted by atomic mass is 10.2. The molecule has 26 heavy (non-hydrogen) atoms. The van der Waals surface area contributed by atoms with Gasteiger partial charge in [-0.1, -0.05) is 48.5 Å². The molecule has 1 heterocycles. The van der Waals surface area contributed by atoms with Gasteiger partial charge in [0.2, 0.25) is 5.91 Å². The molecular weight excluding hydrogens is 348 g/mol. The Morgan fingerprint density at radius 2 is 1.81 bits per heavy atom. The standard InChI is InChI=1S/C21H26N2O2.ClH/c24-21-12-6-14-23(21)15-7-13-22-16-19-10-4-5-11-20(19)25-17-18-8-2-1-3-9-18;/h1-5,8-11,22H,6-7,12-17H2;1H. The molecule has 0 aliphatic carbocycles. The van der Waals surface area contributed by atoms with E-state index in [4.69, 9.17) is 4.74 Å². The number of hydrogen-bond donors (Lipinski definition) is 1. The van der Waals surface area contributed by atoms with Crippen LogP contribution in [0, 0.1) is 0 Å². The number of rotatable bonds is 9. The maximum absolute atomic E-state index is 11.6. The first-order valence-electron chi connectivity index (χ1n) is 9.06. The molecule has 2 aromatic rings. The van der Waals surface area contributed by atoms with Crippen molar-refractivity contribution in [2.24, 2.45) is 0 Å². The van der Waals surface area contributed by atoms with Crippen LogP contribution in [-0.2, 0) is 17.9 Å². The van der Waals surface area contributed by atoms with Gasteiger partial charge in [0.15, 0.2) is 0 Å². The number of nitrogens with zero attached hydrogens (tertiary/aromatic N) is 1. The van der Waals surface area contributed by atoms with E-state index in [1.165, 1.54) is 5.56 Å². The average Bonchev–Trinajstić information content (AvgIpc) is 3.06. The van der Waals surface area contributed by atoms with Crippen molar-refractivity contribution in [3.8, 4) is 5.75 Å². The highest BCUT2D eigenvalue weighted by atomic mass is 35.5. The maximum atomic E-state index is 11.6. The number of nitrogens with one attached hydrogen (secondary N) is 1. The first-order chi connectivity index (χ1) is 12.3. The van der Waals surface area contributed by atoms with E-state index in [0.717, 1.165) is 56.8 Å². The largest absolute Gasteiger partial charge is 0.489 e. The first kappa shape index (κ1) is 20.3. The van der Waals surface area contributed by atoms with Crippen molar-refractivity contribution < 1.29 is 9.53 Å². The molecule has 2 aromatic carbocycles. The Morgan fingerprint density at radius 1 is 1.04 bits per heavy atom. The Balaban J connectivity index is 0.00000243. The van der Waals surface area contributed by atoms with Crippen molar-refractivity contribution in [1.82, 2.24) is 10.2 Å². The second kappa shape index (κ2) is 10.8. The fraction of sp³-hybridized carbons (Fsp3) is 0.381. The number of likely N-dealkylation sites (tertiary alicyclic amines) is 1. The van der Waals surface area contributed by atoms with Crippen LogP contribution in [0.25, 0.3) is 0 Å². The molecule has 1 N–H and O–H groups in total. The lowest BCUT2D eigenvalue weighted by Gasteiger charge is -2.16. The van der Waals surface area contributed by atoms with E-state index in [2.05, 4.69) is 23.5 Å². The monoisotopic (exact) mass is 374 g/mol. The van der Waals surface area contributed by atoms with Gasteiger partial charge in [0.1, 0.15) is 12.4 Å². The van der Waals surface area contributed by atoms with Crippen molar-refractivity contribution >= 4 is 18.3 Å². The summed E-state index contributed by atoms with van der Waals surface area (Å²) in [4.78, 5) is 13.6. The number of hydrogen-bond acceptors (Lipinski definition) is 3. The van der Waals surface area contributed by atoms with E-state index in [9.17, 15) is 4.79 Å². The van der Waals surface area contributed by atoms with Gasteiger partial charge in [-0.25, -0.2) is 0 Å². The van der Waals surface area contributed by atoms with Crippen LogP contribution in [0.15, 0.2) is 54.6 Å². The molecule has 0 radical (unpaired) electrons. The predicted molar refractivity (Wildman–Crippen MR) is 107 cm³/mol. The summed E-state index contributed by atoms with van der Waals surface area (Å²) >= 11 is 0. The molecule has 0 aromatic heterocycles. The van der Waals surface area contributed by atoms with E-state index in [0.29, 0.717) is 12.5 Å². The van der Waals surface area contributed by atoms with Crippen molar-refractivity contribution in [2.75, 3.05) is 19.6 Å². The minimum Gasteiger partial charge on any atom is -0.489 e. The SMILES string of the molecule is Cl.O=C1CCCN1CCCNCc1ccccc1OCc1ccccc1. The highest BCUT2D eigenvalue weighted by Crippen LogP contribution is 2.19. The molecule has 0 spiro atoms. The minimum atomic E-state index is 0. The summed E-state index contributed by atoms with van der Waals surface area (Å²) in [5, 5.41) is 3.46. The Bertz CT molecular complexity index is 679. The molecule has 0 bridgehead atoms. The van der Waals surface area contributed by atoms with Gasteiger partial charge in [0.05, 0.1) is 0 Å². The second-order valence-electron chi connectivity index (χ2n) is 6.40. The summed E-state index contributed by atoms with van der Waals surface area (Å²) in [6, 6.07) is 18.4. The third-order valence-corrected chi connectivity index (χ3v) is 4.48. The molecule has 5 heteroatoms. The second-order valence-corrected chi connectivity index (χ2v) is 6.40. The summed E-state index contributed by atoms with van der Waals surface area (Å²) in [6.45, 7) is 4.04. The van der Waals surface area contributed by atoms with Crippen molar-refractivity contribution in [3.05, 3.63) is 65.7 Å². The number of carbonyl (C=O) groups excluding carboxylic acids is 1. The maximum Gasteiger partial charge on any atom is 0.222 e. The van der Waals surface area contributed by atoms with Gasteiger partial charge in [0, 0.05) is 31.6 Å². The number of ether oxygens (including phenoxy) is 1. The van der Waals surface area contributed by atoms with Crippen molar-refractivity contribution in [1.29, 1.82) is 0 Å². The lowest BCUT2D eigenvalue weighted by Crippen LogP contribution is -2.28. The summed E-state index contributed by atoms with van der Waals surface area (Å²) < 4.78 is 5.98. The summed E-state index contributed by atoms with van der Waals surface area (Å²) in [7, 11) is 0. The van der Waals surface area contributed by atoms with Gasteiger partial charge in [-0.3, -0.25) is 4.79 Å². The minimum absolute atomic E-state index is 0. The molecule has 1 saturated heterocycles. The Morgan fingerprint density at radius 3 is 2.58 bits per heavy atom. The van der Waals surface area contributed by atoms with Crippen LogP contribution in [0.5, 0.6) is 5.75 Å². The van der Waals surface area contributed by atoms with Crippen LogP contribution in [-0.4, -0.2) is 30.4 Å². The third-order valence-electron chi connectivity index (χ3n) is 4.48. The van der Waals surface area contributed by atoms with Crippen LogP contribution in [0.3, 0.4) is 0 Å². The van der Waals surface area contributed by atoms with E-state index >= 15 is 0 Å². The van der Waals surface area contributed by atoms with Crippen LogP contribution in [0.2, 0.25) is 0 Å². The molecule has 1 aliphatic heterocycles. The van der Waals surface area contributed by atoms with Crippen LogP contribution >= 0.6 is 12.4 Å². The van der Waals surface area contributed by atoms with Crippen LogP contribution in [0.1, 0.15) is 30.4 Å². The van der Waals surface area contributed by atoms with Gasteiger partial charge in [-0.2, -0.15) is 0 Å². The zero-order valence-corrected chi connectivity index (χ0v) is 15.8. The summed E-state index contributed by atoms with van der Waals surface area (Å²) in [5.41, 5.74) is 2.33. The van der Waals surface area contributed by atoms with E-state index in [1.54, 1.807) is 0 Å². The zero-order chi connectivity index (χ0) is 17.3. The Labute approximate surface area is 162 Å². The molecular formula is C21H27ClN2O2. The van der Waals surface area contributed by atoms with Crippen LogP contribution in [0.4, 0.5) is 0 Å². The molecule has 0 saturated carbocycles. The molecule has 0 atom stereocenters. The number of amides is 1. The number of halogens is 1. The molecule has 3 rings (SSSR count). The molecule has 0 unspecified atom stereocenters. The highest BCUT2D eigenvalue weighted by molar-refractivity contribution is 5.85. The van der Waals surface area contributed by atoms with Gasteiger partial charge < -0.3 is 15.0 Å². The van der Waals surface area contributed by atoms with Crippen LogP contribution < -0.4 is 10.1 Å². The Hall–Kier alpha value is -2.04. The molecule has 4 nitrogen and oxygen atoms in total. The third kappa shape index (κ3) is 6.04. The zero-order valence-electron chi connectivity index (χ0n) is 15.0. The van der Waals surface area contributed by atoms with E-state index < -0.39 is 0 Å². The van der Waals surface area contributed by atoms with Crippen molar-refractivity contribution in [2.45, 2.75) is 32.4 Å². The lowest BCUT2D eigenvalue weighted by molar-refractivity contribution is -0.127. The predicted octanol–water partition coefficient (Wildman–Crippen LogP) is 3.79. The fourth-order valence-corrected chi connectivity index (χ4v) is 3.08. The van der Waals surface area contributed by atoms with E-state index in [1.807, 2.05) is 41.3 Å². The molecule has 1 amide bonds. The van der Waals surface area contributed by atoms with Gasteiger partial charge in [0.25, 0.3) is 0 Å². The van der Waals surface area contributed by atoms with Gasteiger partial charge >= 0.3 is 0 Å².